The van der Waals surface area contributed by atoms with Crippen LogP contribution in [-0.2, 0) is 14.2 Å². The maximum Gasteiger partial charge on any atom is 0.171 e. The first-order chi connectivity index (χ1) is 17.7. The fourth-order valence-corrected chi connectivity index (χ4v) is 9.15. The van der Waals surface area contributed by atoms with Crippen LogP contribution in [0.2, 0.25) is 0 Å². The summed E-state index contributed by atoms with van der Waals surface area (Å²) in [5.41, 5.74) is 4.01. The molecule has 200 valence electrons. The number of aliphatic hydroxyl groups is 1. The van der Waals surface area contributed by atoms with Crippen LogP contribution >= 0.6 is 0 Å². The number of benzene rings is 1. The van der Waals surface area contributed by atoms with Crippen LogP contribution in [0.25, 0.3) is 0 Å². The van der Waals surface area contributed by atoms with E-state index in [4.69, 9.17) is 14.2 Å². The molecule has 6 rings (SSSR count). The van der Waals surface area contributed by atoms with Crippen LogP contribution in [0.5, 0.6) is 0 Å². The first-order valence-corrected chi connectivity index (χ1v) is 14.2. The Morgan fingerprint density at radius 1 is 1.05 bits per heavy atom. The van der Waals surface area contributed by atoms with Crippen LogP contribution in [0, 0.1) is 29.1 Å². The average Bonchev–Trinajstić information content (AvgIpc) is 3.43. The second kappa shape index (κ2) is 8.85. The molecule has 0 aromatic heterocycles. The topological polar surface area (TPSA) is 51.2 Å². The lowest BCUT2D eigenvalue weighted by Gasteiger charge is -2.55. The van der Waals surface area contributed by atoms with Crippen molar-refractivity contribution in [2.24, 2.45) is 17.3 Å². The largest absolute Gasteiger partial charge is 0.385 e. The van der Waals surface area contributed by atoms with E-state index < -0.39 is 17.0 Å². The highest BCUT2D eigenvalue weighted by Gasteiger charge is 2.67. The summed E-state index contributed by atoms with van der Waals surface area (Å²) in [6.45, 7) is 5.67. The summed E-state index contributed by atoms with van der Waals surface area (Å²) in [6.07, 6.45) is 7.24. The lowest BCUT2D eigenvalue weighted by molar-refractivity contribution is -0.208. The van der Waals surface area contributed by atoms with E-state index >= 15 is 0 Å². The molecule has 1 N–H and O–H groups in total. The van der Waals surface area contributed by atoms with E-state index in [0.29, 0.717) is 31.5 Å². The van der Waals surface area contributed by atoms with Gasteiger partial charge in [-0.1, -0.05) is 30.6 Å². The van der Waals surface area contributed by atoms with Crippen LogP contribution in [0.4, 0.5) is 5.69 Å². The number of nitrogens with zero attached hydrogens (tertiary/aromatic N) is 1. The van der Waals surface area contributed by atoms with Gasteiger partial charge in [-0.05, 0) is 80.6 Å². The van der Waals surface area contributed by atoms with Gasteiger partial charge in [-0.15, -0.1) is 5.92 Å². The monoisotopic (exact) mass is 505 g/mol. The molecule has 6 atom stereocenters. The molecule has 0 radical (unpaired) electrons. The number of rotatable bonds is 3. The molecule has 0 bridgehead atoms. The first kappa shape index (κ1) is 25.4. The number of allylic oxidation sites excluding steroid dienone is 1. The quantitative estimate of drug-likeness (QED) is 0.439. The summed E-state index contributed by atoms with van der Waals surface area (Å²) in [6, 6.07) is 9.01. The van der Waals surface area contributed by atoms with Gasteiger partial charge < -0.3 is 24.2 Å². The summed E-state index contributed by atoms with van der Waals surface area (Å²) < 4.78 is 18.6. The Balaban J connectivity index is 1.38. The summed E-state index contributed by atoms with van der Waals surface area (Å²) in [7, 11) is 6.04. The molecule has 37 heavy (non-hydrogen) atoms. The summed E-state index contributed by atoms with van der Waals surface area (Å²) in [5.74, 6) is 7.52. The molecule has 5 aliphatic rings. The Morgan fingerprint density at radius 2 is 1.78 bits per heavy atom. The van der Waals surface area contributed by atoms with E-state index in [0.717, 1.165) is 44.9 Å². The molecule has 1 aliphatic heterocycles. The number of anilines is 1. The molecule has 0 amide bonds. The van der Waals surface area contributed by atoms with Gasteiger partial charge in [0.05, 0.1) is 18.8 Å². The third-order valence-corrected chi connectivity index (χ3v) is 10.9. The van der Waals surface area contributed by atoms with Crippen molar-refractivity contribution < 1.29 is 19.3 Å². The fraction of sp³-hybridized carbons (Fsp3) is 0.688. The van der Waals surface area contributed by atoms with Gasteiger partial charge in [0.15, 0.2) is 5.79 Å². The molecule has 5 nitrogen and oxygen atoms in total. The lowest BCUT2D eigenvalue weighted by Crippen LogP contribution is -2.55. The Bertz CT molecular complexity index is 1140. The minimum atomic E-state index is -0.788. The summed E-state index contributed by atoms with van der Waals surface area (Å²) >= 11 is 0. The van der Waals surface area contributed by atoms with Crippen molar-refractivity contribution in [1.29, 1.82) is 0 Å². The number of hydrogen-bond donors (Lipinski definition) is 1. The zero-order valence-corrected chi connectivity index (χ0v) is 23.2. The van der Waals surface area contributed by atoms with Crippen molar-refractivity contribution in [3.8, 4) is 11.8 Å². The third kappa shape index (κ3) is 3.59. The van der Waals surface area contributed by atoms with Gasteiger partial charge in [0.25, 0.3) is 0 Å². The van der Waals surface area contributed by atoms with Crippen molar-refractivity contribution in [2.45, 2.75) is 88.1 Å². The molecule has 1 aromatic carbocycles. The van der Waals surface area contributed by atoms with Gasteiger partial charge in [0, 0.05) is 51.1 Å². The van der Waals surface area contributed by atoms with Crippen LogP contribution in [0.1, 0.15) is 76.7 Å². The highest BCUT2D eigenvalue weighted by molar-refractivity contribution is 5.49. The van der Waals surface area contributed by atoms with Crippen molar-refractivity contribution in [3.63, 3.8) is 0 Å². The Morgan fingerprint density at radius 3 is 2.43 bits per heavy atom. The van der Waals surface area contributed by atoms with Gasteiger partial charge in [-0.25, -0.2) is 0 Å². The van der Waals surface area contributed by atoms with E-state index in [9.17, 15) is 5.11 Å². The van der Waals surface area contributed by atoms with Crippen molar-refractivity contribution in [2.75, 3.05) is 39.3 Å². The number of methoxy groups -OCH3 is 1. The normalized spacial score (nSPS) is 40.0. The Labute approximate surface area is 222 Å². The van der Waals surface area contributed by atoms with Gasteiger partial charge in [-0.3, -0.25) is 0 Å². The van der Waals surface area contributed by atoms with E-state index in [-0.39, 0.29) is 11.3 Å². The summed E-state index contributed by atoms with van der Waals surface area (Å²) in [5, 5.41) is 11.9. The van der Waals surface area contributed by atoms with E-state index in [1.54, 1.807) is 0 Å². The number of ether oxygens (including phenoxy) is 3. The minimum absolute atomic E-state index is 0.0482. The number of hydrogen-bond acceptors (Lipinski definition) is 5. The predicted octanol–water partition coefficient (Wildman–Crippen LogP) is 5.43. The third-order valence-electron chi connectivity index (χ3n) is 10.9. The average molecular weight is 506 g/mol. The highest BCUT2D eigenvalue weighted by Crippen LogP contribution is 2.69. The maximum atomic E-state index is 11.9. The van der Waals surface area contributed by atoms with Gasteiger partial charge in [0.2, 0.25) is 0 Å². The minimum Gasteiger partial charge on any atom is -0.385 e. The van der Waals surface area contributed by atoms with Crippen LogP contribution in [0.15, 0.2) is 35.4 Å². The molecule has 3 saturated carbocycles. The van der Waals surface area contributed by atoms with Crippen molar-refractivity contribution in [3.05, 3.63) is 41.0 Å². The zero-order chi connectivity index (χ0) is 26.1. The summed E-state index contributed by atoms with van der Waals surface area (Å²) in [4.78, 5) is 2.15. The van der Waals surface area contributed by atoms with Gasteiger partial charge >= 0.3 is 0 Å². The molecule has 5 heteroatoms. The molecule has 4 fully saturated rings. The van der Waals surface area contributed by atoms with E-state index in [1.165, 1.54) is 22.4 Å². The molecule has 1 unspecified atom stereocenters. The Kier molecular flexibility index (Phi) is 6.08. The molecule has 1 spiro atoms. The van der Waals surface area contributed by atoms with Crippen LogP contribution < -0.4 is 4.90 Å². The van der Waals surface area contributed by atoms with Crippen LogP contribution in [0.3, 0.4) is 0 Å². The Hall–Kier alpha value is -1.84. The van der Waals surface area contributed by atoms with Gasteiger partial charge in [-0.2, -0.15) is 0 Å². The van der Waals surface area contributed by atoms with Crippen molar-refractivity contribution >= 4 is 5.69 Å². The zero-order valence-electron chi connectivity index (χ0n) is 23.2. The van der Waals surface area contributed by atoms with E-state index in [2.05, 4.69) is 62.0 Å². The SMILES string of the molecule is CC#C[C@]1(OC)C(c2ccc(N(C)C)cc2)C[C@H]2[C@@H]3CC[C@@]4(O)CC5(CCC4=C3CC[C@@]21C)OCCO5. The molecule has 4 aliphatic carbocycles. The van der Waals surface area contributed by atoms with Gasteiger partial charge in [0.1, 0.15) is 5.60 Å². The van der Waals surface area contributed by atoms with Crippen LogP contribution in [-0.4, -0.2) is 56.5 Å². The number of fused-ring (bicyclic) bond motifs is 4. The molecular weight excluding hydrogens is 462 g/mol. The van der Waals surface area contributed by atoms with Crippen molar-refractivity contribution in [1.82, 2.24) is 0 Å². The molecule has 1 heterocycles. The molecular formula is C32H43NO4. The maximum absolute atomic E-state index is 11.9. The second-order valence-electron chi connectivity index (χ2n) is 12.6. The molecule has 1 aromatic rings. The first-order valence-electron chi connectivity index (χ1n) is 14.2. The smallest absolute Gasteiger partial charge is 0.171 e. The molecule has 1 saturated heterocycles. The fourth-order valence-electron chi connectivity index (χ4n) is 9.15. The predicted molar refractivity (Wildman–Crippen MR) is 145 cm³/mol. The van der Waals surface area contributed by atoms with E-state index in [1.807, 2.05) is 14.0 Å². The standard InChI is InChI=1S/C32H43NO4/c1-6-14-32(35-5)27(22-7-9-23(10-8-22)33(3)4)20-28-25-12-16-30(34)21-31(36-18-19-37-31)17-13-26(30)24(25)11-15-29(28,32)2/h7-10,25,27-28,34H,11-13,15-21H2,1-5H3/t25-,27?,28+,29+,30-,32+/m1/s1. The second-order valence-corrected chi connectivity index (χ2v) is 12.6. The highest BCUT2D eigenvalue weighted by atomic mass is 16.7. The lowest BCUT2D eigenvalue weighted by atomic mass is 9.53.